The lowest BCUT2D eigenvalue weighted by Crippen LogP contribution is -2.13. The predicted octanol–water partition coefficient (Wildman–Crippen LogP) is 4.35. The van der Waals surface area contributed by atoms with E-state index in [1.54, 1.807) is 0 Å². The van der Waals surface area contributed by atoms with Gasteiger partial charge in [-0.1, -0.05) is 30.3 Å². The zero-order valence-electron chi connectivity index (χ0n) is 10.2. The van der Waals surface area contributed by atoms with Crippen LogP contribution in [0.15, 0.2) is 54.6 Å². The summed E-state index contributed by atoms with van der Waals surface area (Å²) in [5, 5.41) is 3.41. The fourth-order valence-corrected chi connectivity index (χ4v) is 3.94. The number of anilines is 1. The van der Waals surface area contributed by atoms with Crippen LogP contribution in [0.25, 0.3) is 0 Å². The Morgan fingerprint density at radius 2 is 1.78 bits per heavy atom. The first-order chi connectivity index (χ1) is 8.81. The molecule has 3 nitrogen and oxygen atoms in total. The molecule has 0 amide bonds. The summed E-state index contributed by atoms with van der Waals surface area (Å²) in [6.45, 7) is 2.08. The molecule has 1 aliphatic heterocycles. The van der Waals surface area contributed by atoms with E-state index in [0.29, 0.717) is 0 Å². The van der Waals surface area contributed by atoms with Gasteiger partial charge in [0, 0.05) is 0 Å². The van der Waals surface area contributed by atoms with E-state index in [0.717, 1.165) is 23.3 Å². The highest BCUT2D eigenvalue weighted by Crippen LogP contribution is 2.65. The standard InChI is InChI=1S/C14H15NO2P/c1-2-18(16-12-8-4-3-5-9-12)15-13-10-6-7-11-14(13)17-18/h3-11,15H,2H2,1H3/q+1. The molecule has 1 atom stereocenters. The van der Waals surface area contributed by atoms with E-state index in [4.69, 9.17) is 9.05 Å². The first kappa shape index (κ1) is 11.4. The second-order valence-corrected chi connectivity index (χ2v) is 6.66. The number of hydrogen-bond donors (Lipinski definition) is 1. The van der Waals surface area contributed by atoms with Gasteiger partial charge in [0.25, 0.3) is 0 Å². The van der Waals surface area contributed by atoms with Crippen molar-refractivity contribution in [3.8, 4) is 11.5 Å². The third-order valence-electron chi connectivity index (χ3n) is 2.84. The van der Waals surface area contributed by atoms with E-state index in [2.05, 4.69) is 12.0 Å². The van der Waals surface area contributed by atoms with Gasteiger partial charge in [0.15, 0.2) is 5.75 Å². The van der Waals surface area contributed by atoms with Crippen LogP contribution in [0.1, 0.15) is 6.92 Å². The monoisotopic (exact) mass is 260 g/mol. The van der Waals surface area contributed by atoms with E-state index >= 15 is 0 Å². The second-order valence-electron chi connectivity index (χ2n) is 4.09. The minimum absolute atomic E-state index is 0.816. The minimum atomic E-state index is -2.08. The number of para-hydroxylation sites is 3. The molecule has 3 rings (SSSR count). The Morgan fingerprint density at radius 3 is 2.50 bits per heavy atom. The molecular formula is C14H15NO2P+. The summed E-state index contributed by atoms with van der Waals surface area (Å²) < 4.78 is 12.1. The zero-order valence-corrected chi connectivity index (χ0v) is 11.1. The van der Waals surface area contributed by atoms with Crippen LogP contribution >= 0.6 is 7.87 Å². The molecule has 18 heavy (non-hydrogen) atoms. The van der Waals surface area contributed by atoms with Crippen LogP contribution in [0.3, 0.4) is 0 Å². The molecule has 0 fully saturated rings. The number of nitrogens with one attached hydrogen (secondary N) is 1. The number of fused-ring (bicyclic) bond motifs is 1. The van der Waals surface area contributed by atoms with Crippen LogP contribution in [-0.4, -0.2) is 6.16 Å². The van der Waals surface area contributed by atoms with Gasteiger partial charge in [-0.25, -0.2) is 0 Å². The highest BCUT2D eigenvalue weighted by atomic mass is 31.2. The maximum absolute atomic E-state index is 6.07. The van der Waals surface area contributed by atoms with Gasteiger partial charge >= 0.3 is 7.87 Å². The molecule has 0 radical (unpaired) electrons. The van der Waals surface area contributed by atoms with Gasteiger partial charge in [-0.15, -0.1) is 0 Å². The van der Waals surface area contributed by atoms with Crippen molar-refractivity contribution in [3.63, 3.8) is 0 Å². The summed E-state index contributed by atoms with van der Waals surface area (Å²) in [6.07, 6.45) is 0.816. The molecule has 0 bridgehead atoms. The third kappa shape index (κ3) is 2.02. The fourth-order valence-electron chi connectivity index (χ4n) is 1.91. The van der Waals surface area contributed by atoms with E-state index in [1.165, 1.54) is 0 Å². The maximum Gasteiger partial charge on any atom is 0.457 e. The van der Waals surface area contributed by atoms with E-state index in [1.807, 2.05) is 54.6 Å². The normalized spacial score (nSPS) is 20.7. The summed E-state index contributed by atoms with van der Waals surface area (Å²) in [5.41, 5.74) is 1.02. The second kappa shape index (κ2) is 4.51. The van der Waals surface area contributed by atoms with Crippen LogP contribution in [-0.2, 0) is 0 Å². The molecule has 1 unspecified atom stereocenters. The van der Waals surface area contributed by atoms with E-state index in [9.17, 15) is 0 Å². The molecule has 0 aromatic heterocycles. The van der Waals surface area contributed by atoms with Crippen molar-refractivity contribution in [2.75, 3.05) is 11.2 Å². The highest BCUT2D eigenvalue weighted by Gasteiger charge is 2.50. The first-order valence-corrected chi connectivity index (χ1v) is 7.82. The molecule has 2 aromatic rings. The van der Waals surface area contributed by atoms with Gasteiger partial charge in [-0.05, 0) is 31.2 Å². The number of rotatable bonds is 3. The minimum Gasteiger partial charge on any atom is -0.285 e. The molecule has 0 saturated carbocycles. The Hall–Kier alpha value is -1.73. The Balaban J connectivity index is 1.86. The Kier molecular flexibility index (Phi) is 2.85. The highest BCUT2D eigenvalue weighted by molar-refractivity contribution is 7.69. The fraction of sp³-hybridized carbons (Fsp3) is 0.143. The Bertz CT molecular complexity index is 520. The summed E-state index contributed by atoms with van der Waals surface area (Å²) >= 11 is 0. The molecule has 1 aliphatic rings. The van der Waals surface area contributed by atoms with Crippen molar-refractivity contribution in [1.29, 1.82) is 0 Å². The molecule has 92 valence electrons. The van der Waals surface area contributed by atoms with Crippen molar-refractivity contribution in [1.82, 2.24) is 0 Å². The summed E-state index contributed by atoms with van der Waals surface area (Å²) in [6, 6.07) is 17.7. The maximum atomic E-state index is 6.07. The lowest BCUT2D eigenvalue weighted by molar-refractivity contribution is 0.480. The van der Waals surface area contributed by atoms with Gasteiger partial charge in [-0.3, -0.25) is 9.05 Å². The lowest BCUT2D eigenvalue weighted by atomic mass is 10.3. The predicted molar refractivity (Wildman–Crippen MR) is 75.2 cm³/mol. The SMILES string of the molecule is CC[P+]1(Oc2ccccc2)Nc2ccccc2O1. The Labute approximate surface area is 107 Å². The molecular weight excluding hydrogens is 245 g/mol. The average Bonchev–Trinajstić information content (AvgIpc) is 2.78. The Morgan fingerprint density at radius 1 is 1.06 bits per heavy atom. The zero-order chi connectivity index (χ0) is 12.4. The molecule has 1 heterocycles. The summed E-state index contributed by atoms with van der Waals surface area (Å²) in [4.78, 5) is 0. The number of hydrogen-bond acceptors (Lipinski definition) is 3. The smallest absolute Gasteiger partial charge is 0.285 e. The average molecular weight is 260 g/mol. The molecule has 0 spiro atoms. The van der Waals surface area contributed by atoms with Crippen LogP contribution < -0.4 is 14.1 Å². The van der Waals surface area contributed by atoms with Crippen LogP contribution in [0.4, 0.5) is 5.69 Å². The van der Waals surface area contributed by atoms with Crippen LogP contribution in [0, 0.1) is 0 Å². The van der Waals surface area contributed by atoms with Crippen LogP contribution in [0.5, 0.6) is 11.5 Å². The van der Waals surface area contributed by atoms with Crippen LogP contribution in [0.2, 0.25) is 0 Å². The van der Waals surface area contributed by atoms with E-state index in [-0.39, 0.29) is 0 Å². The quantitative estimate of drug-likeness (QED) is 0.832. The topological polar surface area (TPSA) is 30.5 Å². The third-order valence-corrected chi connectivity index (χ3v) is 5.25. The van der Waals surface area contributed by atoms with Crippen molar-refractivity contribution in [3.05, 3.63) is 54.6 Å². The van der Waals surface area contributed by atoms with Gasteiger partial charge in [0.05, 0.1) is 0 Å². The van der Waals surface area contributed by atoms with Gasteiger partial charge in [0.1, 0.15) is 11.8 Å². The van der Waals surface area contributed by atoms with Crippen molar-refractivity contribution in [2.24, 2.45) is 0 Å². The molecule has 0 saturated heterocycles. The van der Waals surface area contributed by atoms with Gasteiger partial charge in [-0.2, -0.15) is 5.09 Å². The number of benzene rings is 2. The summed E-state index contributed by atoms with van der Waals surface area (Å²) in [5.74, 6) is 1.72. The molecule has 4 heteroatoms. The molecule has 1 N–H and O–H groups in total. The summed E-state index contributed by atoms with van der Waals surface area (Å²) in [7, 11) is -2.08. The van der Waals surface area contributed by atoms with Crippen molar-refractivity contribution in [2.45, 2.75) is 6.92 Å². The van der Waals surface area contributed by atoms with Crippen molar-refractivity contribution >= 4 is 13.6 Å². The largest absolute Gasteiger partial charge is 0.457 e. The molecule has 0 aliphatic carbocycles. The van der Waals surface area contributed by atoms with E-state index < -0.39 is 7.87 Å². The van der Waals surface area contributed by atoms with Gasteiger partial charge in [0.2, 0.25) is 5.75 Å². The van der Waals surface area contributed by atoms with Gasteiger partial charge < -0.3 is 0 Å². The first-order valence-electron chi connectivity index (χ1n) is 6.01. The van der Waals surface area contributed by atoms with Crippen molar-refractivity contribution < 1.29 is 9.05 Å². The molecule has 2 aromatic carbocycles. The lowest BCUT2D eigenvalue weighted by Gasteiger charge is -2.16.